The van der Waals surface area contributed by atoms with Gasteiger partial charge in [-0.15, -0.1) is 10.2 Å². The number of nitrogens with one attached hydrogen (secondary N) is 2. The van der Waals surface area contributed by atoms with E-state index in [0.29, 0.717) is 15.2 Å². The van der Waals surface area contributed by atoms with Crippen LogP contribution in [0.5, 0.6) is 5.75 Å². The number of thioether (sulfide) groups is 1. The summed E-state index contributed by atoms with van der Waals surface area (Å²) in [5.74, 6) is -0.0604. The minimum atomic E-state index is -4.64. The molecule has 0 aliphatic carbocycles. The molecular formula is C18H14ClF3N4O2S2. The van der Waals surface area contributed by atoms with E-state index in [9.17, 15) is 18.0 Å². The number of hydrogen-bond acceptors (Lipinski definition) is 7. The van der Waals surface area contributed by atoms with Crippen LogP contribution in [-0.4, -0.2) is 29.0 Å². The van der Waals surface area contributed by atoms with Crippen molar-refractivity contribution in [2.75, 3.05) is 23.5 Å². The number of nitrogens with zero attached hydrogens (tertiary/aromatic N) is 2. The second-order valence-electron chi connectivity index (χ2n) is 5.75. The molecule has 1 amide bonds. The van der Waals surface area contributed by atoms with E-state index in [4.69, 9.17) is 16.3 Å². The van der Waals surface area contributed by atoms with Gasteiger partial charge in [-0.05, 0) is 30.3 Å². The largest absolute Gasteiger partial charge is 0.497 e. The molecule has 0 unspecified atom stereocenters. The van der Waals surface area contributed by atoms with Crippen molar-refractivity contribution in [2.45, 2.75) is 10.5 Å². The van der Waals surface area contributed by atoms with Gasteiger partial charge in [-0.3, -0.25) is 4.79 Å². The third-order valence-corrected chi connectivity index (χ3v) is 5.82. The number of methoxy groups -OCH3 is 1. The van der Waals surface area contributed by atoms with Crippen LogP contribution < -0.4 is 15.4 Å². The van der Waals surface area contributed by atoms with E-state index in [1.165, 1.54) is 17.4 Å². The number of benzene rings is 2. The summed E-state index contributed by atoms with van der Waals surface area (Å²) in [5, 5.41) is 13.7. The standard InChI is InChI=1S/C18H14ClF3N4O2S2/c1-28-12-4-2-3-11(8-12)23-16-25-26-17(30-16)29-9-15(27)24-14-6-5-10(19)7-13(14)18(20,21)22/h2-8H,9H2,1H3,(H,23,25)(H,24,27). The molecule has 0 saturated carbocycles. The zero-order chi connectivity index (χ0) is 21.7. The molecule has 158 valence electrons. The van der Waals surface area contributed by atoms with Crippen LogP contribution in [0.3, 0.4) is 0 Å². The van der Waals surface area contributed by atoms with Crippen molar-refractivity contribution in [3.63, 3.8) is 0 Å². The minimum Gasteiger partial charge on any atom is -0.497 e. The number of carbonyl (C=O) groups is 1. The van der Waals surface area contributed by atoms with Crippen LogP contribution >= 0.6 is 34.7 Å². The fraction of sp³-hybridized carbons (Fsp3) is 0.167. The van der Waals surface area contributed by atoms with Crippen molar-refractivity contribution in [1.82, 2.24) is 10.2 Å². The quantitative estimate of drug-likeness (QED) is 0.428. The molecule has 2 aromatic carbocycles. The number of halogens is 4. The van der Waals surface area contributed by atoms with Gasteiger partial charge in [-0.1, -0.05) is 40.8 Å². The van der Waals surface area contributed by atoms with Gasteiger partial charge >= 0.3 is 6.18 Å². The zero-order valence-electron chi connectivity index (χ0n) is 15.3. The summed E-state index contributed by atoms with van der Waals surface area (Å²) >= 11 is 7.91. The Bertz CT molecular complexity index is 1050. The van der Waals surface area contributed by atoms with Crippen LogP contribution in [0.25, 0.3) is 0 Å². The predicted octanol–water partition coefficient (Wildman–Crippen LogP) is 5.69. The lowest BCUT2D eigenvalue weighted by atomic mass is 10.1. The Morgan fingerprint density at radius 2 is 2.03 bits per heavy atom. The molecule has 0 saturated heterocycles. The Balaban J connectivity index is 1.58. The first-order valence-electron chi connectivity index (χ1n) is 8.28. The Labute approximate surface area is 182 Å². The summed E-state index contributed by atoms with van der Waals surface area (Å²) in [5.41, 5.74) is -0.605. The van der Waals surface area contributed by atoms with Crippen LogP contribution in [0.4, 0.5) is 29.7 Å². The summed E-state index contributed by atoms with van der Waals surface area (Å²) in [6.45, 7) is 0. The summed E-state index contributed by atoms with van der Waals surface area (Å²) < 4.78 is 45.0. The number of rotatable bonds is 7. The average molecular weight is 475 g/mol. The molecule has 0 bridgehead atoms. The normalized spacial score (nSPS) is 11.2. The highest BCUT2D eigenvalue weighted by molar-refractivity contribution is 8.01. The van der Waals surface area contributed by atoms with Crippen molar-refractivity contribution in [1.29, 1.82) is 0 Å². The van der Waals surface area contributed by atoms with Gasteiger partial charge in [0.2, 0.25) is 11.0 Å². The molecule has 2 N–H and O–H groups in total. The first-order chi connectivity index (χ1) is 14.2. The second-order valence-corrected chi connectivity index (χ2v) is 8.39. The maximum absolute atomic E-state index is 13.1. The molecule has 30 heavy (non-hydrogen) atoms. The van der Waals surface area contributed by atoms with Crippen LogP contribution in [-0.2, 0) is 11.0 Å². The van der Waals surface area contributed by atoms with Crippen LogP contribution in [0.1, 0.15) is 5.56 Å². The van der Waals surface area contributed by atoms with E-state index >= 15 is 0 Å². The maximum atomic E-state index is 13.1. The fourth-order valence-electron chi connectivity index (χ4n) is 2.32. The lowest BCUT2D eigenvalue weighted by molar-refractivity contribution is -0.137. The highest BCUT2D eigenvalue weighted by atomic mass is 35.5. The SMILES string of the molecule is COc1cccc(Nc2nnc(SCC(=O)Nc3ccc(Cl)cc3C(F)(F)F)s2)c1. The molecule has 0 atom stereocenters. The van der Waals surface area contributed by atoms with E-state index in [1.807, 2.05) is 12.1 Å². The van der Waals surface area contributed by atoms with E-state index in [-0.39, 0.29) is 16.5 Å². The van der Waals surface area contributed by atoms with Gasteiger partial charge in [-0.25, -0.2) is 0 Å². The zero-order valence-corrected chi connectivity index (χ0v) is 17.7. The summed E-state index contributed by atoms with van der Waals surface area (Å²) in [4.78, 5) is 12.1. The summed E-state index contributed by atoms with van der Waals surface area (Å²) in [6.07, 6.45) is -4.64. The molecule has 0 aliphatic heterocycles. The molecular weight excluding hydrogens is 461 g/mol. The number of aromatic nitrogens is 2. The minimum absolute atomic E-state index is 0.0698. The molecule has 0 spiro atoms. The Morgan fingerprint density at radius 3 is 2.77 bits per heavy atom. The maximum Gasteiger partial charge on any atom is 0.418 e. The molecule has 1 heterocycles. The number of carbonyl (C=O) groups excluding carboxylic acids is 1. The third kappa shape index (κ3) is 6.00. The van der Waals surface area contributed by atoms with Gasteiger partial charge in [0.25, 0.3) is 0 Å². The second kappa shape index (κ2) is 9.54. The number of hydrogen-bond donors (Lipinski definition) is 2. The van der Waals surface area contributed by atoms with E-state index < -0.39 is 17.6 Å². The van der Waals surface area contributed by atoms with Gasteiger partial charge in [0.05, 0.1) is 24.1 Å². The van der Waals surface area contributed by atoms with Crippen LogP contribution in [0, 0.1) is 0 Å². The van der Waals surface area contributed by atoms with Gasteiger partial charge in [0, 0.05) is 16.8 Å². The lowest BCUT2D eigenvalue weighted by Crippen LogP contribution is -2.18. The molecule has 0 fully saturated rings. The van der Waals surface area contributed by atoms with Gasteiger partial charge < -0.3 is 15.4 Å². The molecule has 3 aromatic rings. The van der Waals surface area contributed by atoms with Gasteiger partial charge in [0.1, 0.15) is 5.75 Å². The molecule has 6 nitrogen and oxygen atoms in total. The van der Waals surface area contributed by atoms with E-state index in [0.717, 1.165) is 29.6 Å². The smallest absolute Gasteiger partial charge is 0.418 e. The first kappa shape index (κ1) is 22.2. The van der Waals surface area contributed by atoms with E-state index in [2.05, 4.69) is 20.8 Å². The lowest BCUT2D eigenvalue weighted by Gasteiger charge is -2.13. The number of amides is 1. The van der Waals surface area contributed by atoms with Crippen molar-refractivity contribution in [3.8, 4) is 5.75 Å². The van der Waals surface area contributed by atoms with Crippen molar-refractivity contribution < 1.29 is 22.7 Å². The first-order valence-corrected chi connectivity index (χ1v) is 10.5. The van der Waals surface area contributed by atoms with Crippen molar-refractivity contribution in [2.24, 2.45) is 0 Å². The number of ether oxygens (including phenoxy) is 1. The molecule has 0 aliphatic rings. The van der Waals surface area contributed by atoms with Crippen molar-refractivity contribution >= 4 is 57.1 Å². The molecule has 3 rings (SSSR count). The number of anilines is 3. The number of alkyl halides is 3. The molecule has 1 aromatic heterocycles. The van der Waals surface area contributed by atoms with Gasteiger partial charge in [-0.2, -0.15) is 13.2 Å². The van der Waals surface area contributed by atoms with Crippen LogP contribution in [0.15, 0.2) is 46.8 Å². The highest BCUT2D eigenvalue weighted by Crippen LogP contribution is 2.36. The predicted molar refractivity (Wildman–Crippen MR) is 112 cm³/mol. The molecule has 12 heteroatoms. The third-order valence-electron chi connectivity index (χ3n) is 3.62. The Morgan fingerprint density at radius 1 is 1.23 bits per heavy atom. The van der Waals surface area contributed by atoms with Crippen molar-refractivity contribution in [3.05, 3.63) is 53.1 Å². The van der Waals surface area contributed by atoms with E-state index in [1.54, 1.807) is 19.2 Å². The molecule has 0 radical (unpaired) electrons. The average Bonchev–Trinajstić information content (AvgIpc) is 3.14. The fourth-order valence-corrected chi connectivity index (χ4v) is 4.06. The van der Waals surface area contributed by atoms with Gasteiger partial charge in [0.15, 0.2) is 4.34 Å². The monoisotopic (exact) mass is 474 g/mol. The Kier molecular flexibility index (Phi) is 7.06. The Hall–Kier alpha value is -2.50. The highest BCUT2D eigenvalue weighted by Gasteiger charge is 2.34. The summed E-state index contributed by atoms with van der Waals surface area (Å²) in [6, 6.07) is 10.4. The topological polar surface area (TPSA) is 76.1 Å². The van der Waals surface area contributed by atoms with Crippen LogP contribution in [0.2, 0.25) is 5.02 Å². The summed E-state index contributed by atoms with van der Waals surface area (Å²) in [7, 11) is 1.56.